The molecule has 1 aliphatic carbocycles. The van der Waals surface area contributed by atoms with E-state index >= 15 is 0 Å². The number of hydrogen-bond acceptors (Lipinski definition) is 2. The second-order valence-corrected chi connectivity index (χ2v) is 4.40. The van der Waals surface area contributed by atoms with Crippen molar-refractivity contribution >= 4 is 0 Å². The highest BCUT2D eigenvalue weighted by Gasteiger charge is 2.47. The molecule has 2 aliphatic rings. The third-order valence-corrected chi connectivity index (χ3v) is 3.24. The Morgan fingerprint density at radius 2 is 2.27 bits per heavy atom. The van der Waals surface area contributed by atoms with Crippen molar-refractivity contribution in [3.8, 4) is 0 Å². The molecule has 1 aromatic heterocycles. The van der Waals surface area contributed by atoms with Crippen molar-refractivity contribution in [3.63, 3.8) is 0 Å². The van der Waals surface area contributed by atoms with Gasteiger partial charge in [0.25, 0.3) is 0 Å². The van der Waals surface area contributed by atoms with Gasteiger partial charge in [-0.1, -0.05) is 0 Å². The number of imidazole rings is 1. The van der Waals surface area contributed by atoms with E-state index in [9.17, 15) is 8.78 Å². The maximum absolute atomic E-state index is 12.8. The van der Waals surface area contributed by atoms with Crippen LogP contribution in [0.3, 0.4) is 0 Å². The van der Waals surface area contributed by atoms with Crippen LogP contribution in [-0.2, 0) is 13.1 Å². The van der Waals surface area contributed by atoms with Gasteiger partial charge < -0.3 is 9.88 Å². The van der Waals surface area contributed by atoms with Crippen molar-refractivity contribution in [2.45, 2.75) is 37.8 Å². The van der Waals surface area contributed by atoms with Gasteiger partial charge >= 0.3 is 0 Å². The molecule has 3 nitrogen and oxygen atoms in total. The van der Waals surface area contributed by atoms with Crippen LogP contribution < -0.4 is 5.32 Å². The summed E-state index contributed by atoms with van der Waals surface area (Å²) < 4.78 is 27.6. The standard InChI is InChI=1S/C10H13F2N3/c11-10(12)3-7(4-10)9-14-6-8-5-13-1-2-15(8)9/h6-7,13H,1-5H2. The van der Waals surface area contributed by atoms with Crippen LogP contribution in [0.5, 0.6) is 0 Å². The van der Waals surface area contributed by atoms with Crippen molar-refractivity contribution < 1.29 is 8.78 Å². The Morgan fingerprint density at radius 3 is 3.00 bits per heavy atom. The van der Waals surface area contributed by atoms with Gasteiger partial charge in [-0.2, -0.15) is 0 Å². The van der Waals surface area contributed by atoms with E-state index in [0.717, 1.165) is 31.2 Å². The number of fused-ring (bicyclic) bond motifs is 1. The number of hydrogen-bond donors (Lipinski definition) is 1. The van der Waals surface area contributed by atoms with Gasteiger partial charge in [0, 0.05) is 44.6 Å². The third-order valence-electron chi connectivity index (χ3n) is 3.24. The molecule has 15 heavy (non-hydrogen) atoms. The van der Waals surface area contributed by atoms with Gasteiger partial charge in [0.15, 0.2) is 0 Å². The van der Waals surface area contributed by atoms with Gasteiger partial charge in [0.05, 0.1) is 5.69 Å². The molecule has 1 aliphatic heterocycles. The van der Waals surface area contributed by atoms with E-state index in [1.54, 1.807) is 6.20 Å². The largest absolute Gasteiger partial charge is 0.329 e. The summed E-state index contributed by atoms with van der Waals surface area (Å²) in [6.45, 7) is 2.56. The Hall–Kier alpha value is -0.970. The molecule has 0 amide bonds. The quantitative estimate of drug-likeness (QED) is 0.766. The number of rotatable bonds is 1. The first-order valence-electron chi connectivity index (χ1n) is 5.28. The van der Waals surface area contributed by atoms with Crippen LogP contribution in [0.4, 0.5) is 8.78 Å². The summed E-state index contributed by atoms with van der Waals surface area (Å²) in [7, 11) is 0. The van der Waals surface area contributed by atoms with Gasteiger partial charge in [0.1, 0.15) is 5.82 Å². The lowest BCUT2D eigenvalue weighted by atomic mass is 9.80. The number of aromatic nitrogens is 2. The van der Waals surface area contributed by atoms with Crippen LogP contribution in [0.15, 0.2) is 6.20 Å². The van der Waals surface area contributed by atoms with Crippen LogP contribution in [-0.4, -0.2) is 22.0 Å². The molecular weight excluding hydrogens is 200 g/mol. The smallest absolute Gasteiger partial charge is 0.249 e. The molecule has 0 spiro atoms. The summed E-state index contributed by atoms with van der Waals surface area (Å²) in [6, 6.07) is 0. The summed E-state index contributed by atoms with van der Waals surface area (Å²) in [6.07, 6.45) is 1.74. The topological polar surface area (TPSA) is 29.9 Å². The lowest BCUT2D eigenvalue weighted by Gasteiger charge is -2.35. The Kier molecular flexibility index (Phi) is 1.86. The minimum Gasteiger partial charge on any atom is -0.329 e. The highest BCUT2D eigenvalue weighted by Crippen LogP contribution is 2.47. The minimum absolute atomic E-state index is 0.0309. The van der Waals surface area contributed by atoms with Crippen molar-refractivity contribution in [1.29, 1.82) is 0 Å². The maximum Gasteiger partial charge on any atom is 0.249 e. The summed E-state index contributed by atoms with van der Waals surface area (Å²) in [5.41, 5.74) is 1.12. The monoisotopic (exact) mass is 213 g/mol. The highest BCUT2D eigenvalue weighted by molar-refractivity contribution is 5.15. The Bertz CT molecular complexity index is 378. The molecule has 1 fully saturated rings. The van der Waals surface area contributed by atoms with Crippen LogP contribution >= 0.6 is 0 Å². The van der Waals surface area contributed by atoms with Crippen LogP contribution in [0.1, 0.15) is 30.3 Å². The third kappa shape index (κ3) is 1.45. The van der Waals surface area contributed by atoms with Gasteiger partial charge in [0.2, 0.25) is 5.92 Å². The van der Waals surface area contributed by atoms with Gasteiger partial charge in [-0.15, -0.1) is 0 Å². The molecule has 1 saturated carbocycles. The Labute approximate surface area is 86.5 Å². The van der Waals surface area contributed by atoms with E-state index in [1.807, 2.05) is 0 Å². The fourth-order valence-electron chi connectivity index (χ4n) is 2.40. The van der Waals surface area contributed by atoms with Gasteiger partial charge in [-0.05, 0) is 0 Å². The van der Waals surface area contributed by atoms with E-state index in [4.69, 9.17) is 0 Å². The van der Waals surface area contributed by atoms with E-state index in [-0.39, 0.29) is 18.8 Å². The summed E-state index contributed by atoms with van der Waals surface area (Å²) in [5.74, 6) is -1.63. The van der Waals surface area contributed by atoms with Gasteiger partial charge in [-0.25, -0.2) is 13.8 Å². The van der Waals surface area contributed by atoms with Gasteiger partial charge in [-0.3, -0.25) is 0 Å². The molecule has 0 unspecified atom stereocenters. The summed E-state index contributed by atoms with van der Waals surface area (Å²) in [5, 5.41) is 3.24. The molecule has 1 aromatic rings. The zero-order valence-electron chi connectivity index (χ0n) is 8.34. The van der Waals surface area contributed by atoms with Crippen molar-refractivity contribution in [2.75, 3.05) is 6.54 Å². The number of alkyl halides is 2. The lowest BCUT2D eigenvalue weighted by Crippen LogP contribution is -2.37. The number of halogens is 2. The van der Waals surface area contributed by atoms with E-state index in [1.165, 1.54) is 0 Å². The fourth-order valence-corrected chi connectivity index (χ4v) is 2.40. The Morgan fingerprint density at radius 1 is 1.47 bits per heavy atom. The number of nitrogens with zero attached hydrogens (tertiary/aromatic N) is 2. The summed E-state index contributed by atoms with van der Waals surface area (Å²) in [4.78, 5) is 4.28. The van der Waals surface area contributed by atoms with E-state index in [2.05, 4.69) is 14.9 Å². The van der Waals surface area contributed by atoms with Crippen molar-refractivity contribution in [3.05, 3.63) is 17.7 Å². The SMILES string of the molecule is FC1(F)CC(c2ncc3n2CCNC3)C1. The minimum atomic E-state index is -2.45. The molecule has 2 heterocycles. The predicted molar refractivity (Wildman–Crippen MR) is 50.9 cm³/mol. The number of nitrogens with one attached hydrogen (secondary N) is 1. The molecule has 0 radical (unpaired) electrons. The molecule has 3 rings (SSSR count). The summed E-state index contributed by atoms with van der Waals surface area (Å²) >= 11 is 0. The van der Waals surface area contributed by atoms with E-state index < -0.39 is 5.92 Å². The van der Waals surface area contributed by atoms with Crippen molar-refractivity contribution in [1.82, 2.24) is 14.9 Å². The fraction of sp³-hybridized carbons (Fsp3) is 0.700. The molecule has 1 N–H and O–H groups in total. The van der Waals surface area contributed by atoms with Crippen LogP contribution in [0.2, 0.25) is 0 Å². The normalized spacial score (nSPS) is 24.7. The average molecular weight is 213 g/mol. The zero-order valence-corrected chi connectivity index (χ0v) is 8.34. The van der Waals surface area contributed by atoms with Crippen LogP contribution in [0.25, 0.3) is 0 Å². The first-order chi connectivity index (χ1) is 7.16. The molecule has 0 bridgehead atoms. The molecule has 0 aromatic carbocycles. The first-order valence-corrected chi connectivity index (χ1v) is 5.28. The molecule has 0 saturated heterocycles. The molecule has 5 heteroatoms. The maximum atomic E-state index is 12.8. The second-order valence-electron chi connectivity index (χ2n) is 4.40. The highest BCUT2D eigenvalue weighted by atomic mass is 19.3. The van der Waals surface area contributed by atoms with Crippen molar-refractivity contribution in [2.24, 2.45) is 0 Å². The van der Waals surface area contributed by atoms with E-state index in [0.29, 0.717) is 0 Å². The first kappa shape index (κ1) is 9.27. The lowest BCUT2D eigenvalue weighted by molar-refractivity contribution is -0.0891. The van der Waals surface area contributed by atoms with Crippen LogP contribution in [0, 0.1) is 0 Å². The average Bonchev–Trinajstić information content (AvgIpc) is 2.57. The molecular formula is C10H13F2N3. The second kappa shape index (κ2) is 3.01. The predicted octanol–water partition coefficient (Wildman–Crippen LogP) is 1.50. The molecule has 0 atom stereocenters. The zero-order chi connectivity index (χ0) is 10.5. The molecule has 82 valence electrons. The Balaban J connectivity index is 1.84.